The predicted octanol–water partition coefficient (Wildman–Crippen LogP) is -0.0289. The molecule has 1 unspecified atom stereocenters. The quantitative estimate of drug-likeness (QED) is 0.633. The second-order valence-corrected chi connectivity index (χ2v) is 3.62. The number of hydrogen-bond donors (Lipinski definition) is 1. The van der Waals surface area contributed by atoms with Crippen molar-refractivity contribution < 1.29 is 0 Å². The van der Waals surface area contributed by atoms with Crippen LogP contribution in [-0.4, -0.2) is 55.6 Å². The van der Waals surface area contributed by atoms with Crippen LogP contribution in [0.15, 0.2) is 0 Å². The van der Waals surface area contributed by atoms with E-state index in [2.05, 4.69) is 23.8 Å². The van der Waals surface area contributed by atoms with Crippen LogP contribution in [0.3, 0.4) is 0 Å². The Balaban J connectivity index is 2.46. The van der Waals surface area contributed by atoms with Gasteiger partial charge >= 0.3 is 0 Å². The summed E-state index contributed by atoms with van der Waals surface area (Å²) in [6.45, 7) is 7.73. The maximum atomic E-state index is 5.71. The molecule has 12 heavy (non-hydrogen) atoms. The van der Waals surface area contributed by atoms with Gasteiger partial charge in [-0.05, 0) is 33.1 Å². The van der Waals surface area contributed by atoms with Crippen LogP contribution < -0.4 is 5.73 Å². The van der Waals surface area contributed by atoms with Gasteiger partial charge in [0.1, 0.15) is 0 Å². The number of nitrogens with zero attached hydrogens (tertiary/aromatic N) is 2. The smallest absolute Gasteiger partial charge is 0.0342 e. The molecule has 1 heterocycles. The van der Waals surface area contributed by atoms with Crippen LogP contribution in [0, 0.1) is 0 Å². The van der Waals surface area contributed by atoms with E-state index < -0.39 is 0 Å². The summed E-state index contributed by atoms with van der Waals surface area (Å²) < 4.78 is 0. The Kier molecular flexibility index (Phi) is 3.98. The van der Waals surface area contributed by atoms with E-state index in [9.17, 15) is 0 Å². The maximum absolute atomic E-state index is 5.71. The largest absolute Gasteiger partial charge is 0.329 e. The first kappa shape index (κ1) is 9.96. The number of hydrogen-bond acceptors (Lipinski definition) is 3. The number of nitrogens with two attached hydrogens (primary N) is 1. The van der Waals surface area contributed by atoms with Gasteiger partial charge in [-0.25, -0.2) is 0 Å². The molecule has 1 saturated heterocycles. The van der Waals surface area contributed by atoms with Gasteiger partial charge in [-0.2, -0.15) is 0 Å². The summed E-state index contributed by atoms with van der Waals surface area (Å²) in [6.07, 6.45) is 1.28. The third-order valence-electron chi connectivity index (χ3n) is 2.80. The molecule has 1 aliphatic rings. The van der Waals surface area contributed by atoms with Crippen molar-refractivity contribution in [1.82, 2.24) is 9.80 Å². The normalized spacial score (nSPS) is 28.8. The standard InChI is InChI=1S/C9H21N3/c1-3-12-6-4-5-11(2)9(7-10)8-12/h9H,3-8,10H2,1-2H3. The van der Waals surface area contributed by atoms with E-state index in [0.717, 1.165) is 19.6 Å². The second-order valence-electron chi connectivity index (χ2n) is 3.62. The van der Waals surface area contributed by atoms with Crippen LogP contribution in [0.1, 0.15) is 13.3 Å². The molecule has 1 fully saturated rings. The van der Waals surface area contributed by atoms with Gasteiger partial charge in [0, 0.05) is 19.1 Å². The Morgan fingerprint density at radius 2 is 2.17 bits per heavy atom. The highest BCUT2D eigenvalue weighted by atomic mass is 15.2. The molecule has 0 aliphatic carbocycles. The molecule has 0 spiro atoms. The minimum Gasteiger partial charge on any atom is -0.329 e. The van der Waals surface area contributed by atoms with Crippen LogP contribution in [0.5, 0.6) is 0 Å². The van der Waals surface area contributed by atoms with Crippen LogP contribution >= 0.6 is 0 Å². The van der Waals surface area contributed by atoms with Crippen LogP contribution in [0.2, 0.25) is 0 Å². The van der Waals surface area contributed by atoms with Crippen molar-refractivity contribution >= 4 is 0 Å². The molecule has 0 bridgehead atoms. The SMILES string of the molecule is CCN1CCCN(C)C(CN)C1. The number of likely N-dealkylation sites (N-methyl/N-ethyl adjacent to an activating group) is 2. The summed E-state index contributed by atoms with van der Waals surface area (Å²) >= 11 is 0. The highest BCUT2D eigenvalue weighted by Crippen LogP contribution is 2.06. The molecule has 3 nitrogen and oxygen atoms in total. The Morgan fingerprint density at radius 1 is 1.42 bits per heavy atom. The third kappa shape index (κ3) is 2.44. The predicted molar refractivity (Wildman–Crippen MR) is 52.2 cm³/mol. The van der Waals surface area contributed by atoms with E-state index in [0.29, 0.717) is 6.04 Å². The lowest BCUT2D eigenvalue weighted by Crippen LogP contribution is -2.43. The summed E-state index contributed by atoms with van der Waals surface area (Å²) in [4.78, 5) is 4.87. The van der Waals surface area contributed by atoms with Crippen LogP contribution in [-0.2, 0) is 0 Å². The zero-order valence-electron chi connectivity index (χ0n) is 8.29. The Hall–Kier alpha value is -0.120. The molecular formula is C9H21N3. The summed E-state index contributed by atoms with van der Waals surface area (Å²) in [5, 5.41) is 0. The summed E-state index contributed by atoms with van der Waals surface area (Å²) in [5.74, 6) is 0. The van der Waals surface area contributed by atoms with E-state index >= 15 is 0 Å². The first-order valence-corrected chi connectivity index (χ1v) is 4.90. The molecule has 1 rings (SSSR count). The number of rotatable bonds is 2. The molecule has 2 N–H and O–H groups in total. The Labute approximate surface area is 75.5 Å². The van der Waals surface area contributed by atoms with Crippen molar-refractivity contribution in [3.05, 3.63) is 0 Å². The van der Waals surface area contributed by atoms with E-state index in [1.165, 1.54) is 19.5 Å². The molecular weight excluding hydrogens is 150 g/mol. The molecule has 1 aliphatic heterocycles. The molecule has 0 aromatic heterocycles. The topological polar surface area (TPSA) is 32.5 Å². The first-order chi connectivity index (χ1) is 5.77. The van der Waals surface area contributed by atoms with E-state index in [1.54, 1.807) is 0 Å². The van der Waals surface area contributed by atoms with Crippen LogP contribution in [0.4, 0.5) is 0 Å². The molecule has 0 aromatic rings. The first-order valence-electron chi connectivity index (χ1n) is 4.90. The van der Waals surface area contributed by atoms with Gasteiger partial charge < -0.3 is 15.5 Å². The minimum atomic E-state index is 0.562. The molecule has 0 aromatic carbocycles. The summed E-state index contributed by atoms with van der Waals surface area (Å²) in [6, 6.07) is 0.562. The highest BCUT2D eigenvalue weighted by Gasteiger charge is 2.19. The van der Waals surface area contributed by atoms with E-state index in [4.69, 9.17) is 5.73 Å². The average Bonchev–Trinajstić information content (AvgIpc) is 2.27. The molecule has 1 atom stereocenters. The van der Waals surface area contributed by atoms with Gasteiger partial charge in [-0.3, -0.25) is 0 Å². The van der Waals surface area contributed by atoms with Gasteiger partial charge in [0.15, 0.2) is 0 Å². The third-order valence-corrected chi connectivity index (χ3v) is 2.80. The minimum absolute atomic E-state index is 0.562. The maximum Gasteiger partial charge on any atom is 0.0342 e. The fraction of sp³-hybridized carbons (Fsp3) is 1.00. The van der Waals surface area contributed by atoms with Crippen molar-refractivity contribution in [3.63, 3.8) is 0 Å². The Morgan fingerprint density at radius 3 is 2.75 bits per heavy atom. The summed E-state index contributed by atoms with van der Waals surface area (Å²) in [7, 11) is 2.18. The van der Waals surface area contributed by atoms with Crippen molar-refractivity contribution in [1.29, 1.82) is 0 Å². The lowest BCUT2D eigenvalue weighted by Gasteiger charge is -2.26. The second kappa shape index (κ2) is 4.80. The zero-order chi connectivity index (χ0) is 8.97. The van der Waals surface area contributed by atoms with Gasteiger partial charge in [0.05, 0.1) is 0 Å². The molecule has 0 saturated carbocycles. The molecule has 3 heteroatoms. The molecule has 72 valence electrons. The lowest BCUT2D eigenvalue weighted by molar-refractivity contribution is 0.217. The van der Waals surface area contributed by atoms with Crippen molar-refractivity contribution in [2.75, 3.05) is 39.8 Å². The molecule has 0 radical (unpaired) electrons. The van der Waals surface area contributed by atoms with Gasteiger partial charge in [0.25, 0.3) is 0 Å². The lowest BCUT2D eigenvalue weighted by atomic mass is 10.2. The van der Waals surface area contributed by atoms with E-state index in [-0.39, 0.29) is 0 Å². The van der Waals surface area contributed by atoms with Crippen molar-refractivity contribution in [2.24, 2.45) is 5.73 Å². The average molecular weight is 171 g/mol. The monoisotopic (exact) mass is 171 g/mol. The van der Waals surface area contributed by atoms with Gasteiger partial charge in [0.2, 0.25) is 0 Å². The van der Waals surface area contributed by atoms with Crippen molar-refractivity contribution in [3.8, 4) is 0 Å². The van der Waals surface area contributed by atoms with Gasteiger partial charge in [-0.15, -0.1) is 0 Å². The fourth-order valence-corrected chi connectivity index (χ4v) is 1.80. The summed E-state index contributed by atoms with van der Waals surface area (Å²) in [5.41, 5.74) is 5.71. The zero-order valence-corrected chi connectivity index (χ0v) is 8.29. The highest BCUT2D eigenvalue weighted by molar-refractivity contribution is 4.77. The Bertz CT molecular complexity index is 127. The molecule has 0 amide bonds. The van der Waals surface area contributed by atoms with Crippen molar-refractivity contribution in [2.45, 2.75) is 19.4 Å². The van der Waals surface area contributed by atoms with Crippen LogP contribution in [0.25, 0.3) is 0 Å². The van der Waals surface area contributed by atoms with Gasteiger partial charge in [-0.1, -0.05) is 6.92 Å². The van der Waals surface area contributed by atoms with E-state index in [1.807, 2.05) is 0 Å². The fourth-order valence-electron chi connectivity index (χ4n) is 1.80.